The first kappa shape index (κ1) is 16.1. The lowest BCUT2D eigenvalue weighted by Crippen LogP contribution is -2.43. The molecule has 0 aromatic heterocycles. The zero-order chi connectivity index (χ0) is 16.1. The fourth-order valence-corrected chi connectivity index (χ4v) is 3.34. The van der Waals surface area contributed by atoms with Gasteiger partial charge in [0.25, 0.3) is 0 Å². The van der Waals surface area contributed by atoms with Crippen LogP contribution in [0.15, 0.2) is 29.3 Å². The van der Waals surface area contributed by atoms with Crippen LogP contribution in [0.3, 0.4) is 0 Å². The Labute approximate surface area is 138 Å². The van der Waals surface area contributed by atoms with Crippen LogP contribution in [0.4, 0.5) is 0 Å². The maximum atomic E-state index is 10.4. The van der Waals surface area contributed by atoms with E-state index in [0.717, 1.165) is 50.4 Å². The summed E-state index contributed by atoms with van der Waals surface area (Å²) in [5.41, 5.74) is 0.657. The quantitative estimate of drug-likeness (QED) is 0.573. The Morgan fingerprint density at radius 2 is 2.09 bits per heavy atom. The fraction of sp³-hybridized carbons (Fsp3) is 0.611. The van der Waals surface area contributed by atoms with Gasteiger partial charge in [-0.1, -0.05) is 31.0 Å². The maximum absolute atomic E-state index is 10.4. The molecule has 0 bridgehead atoms. The number of fused-ring (bicyclic) bond motifs is 1. The van der Waals surface area contributed by atoms with Crippen LogP contribution in [0.1, 0.15) is 38.2 Å². The summed E-state index contributed by atoms with van der Waals surface area (Å²) in [6.45, 7) is 4.02. The highest BCUT2D eigenvalue weighted by atomic mass is 16.5. The first-order valence-corrected chi connectivity index (χ1v) is 8.68. The van der Waals surface area contributed by atoms with Gasteiger partial charge in [-0.2, -0.15) is 0 Å². The first-order chi connectivity index (χ1) is 11.2. The zero-order valence-electron chi connectivity index (χ0n) is 13.8. The van der Waals surface area contributed by atoms with Crippen LogP contribution in [0.25, 0.3) is 0 Å². The highest BCUT2D eigenvalue weighted by molar-refractivity contribution is 5.79. The summed E-state index contributed by atoms with van der Waals surface area (Å²) in [5, 5.41) is 17.0. The van der Waals surface area contributed by atoms with Crippen LogP contribution in [0, 0.1) is 0 Å². The third kappa shape index (κ3) is 4.16. The second kappa shape index (κ2) is 7.21. The van der Waals surface area contributed by atoms with Gasteiger partial charge in [-0.15, -0.1) is 0 Å². The number of hydrogen-bond acceptors (Lipinski definition) is 3. The third-order valence-electron chi connectivity index (χ3n) is 4.62. The van der Waals surface area contributed by atoms with E-state index in [-0.39, 0.29) is 6.10 Å². The average Bonchev–Trinajstić information content (AvgIpc) is 3.16. The number of para-hydroxylation sites is 1. The number of aliphatic imine (C=N–C) groups is 1. The van der Waals surface area contributed by atoms with Crippen LogP contribution in [-0.2, 0) is 6.42 Å². The van der Waals surface area contributed by atoms with Gasteiger partial charge in [-0.3, -0.25) is 4.99 Å². The highest BCUT2D eigenvalue weighted by Crippen LogP contribution is 2.29. The van der Waals surface area contributed by atoms with Crippen LogP contribution < -0.4 is 15.4 Å². The molecule has 1 aliphatic carbocycles. The standard InChI is InChI=1S/C18H27N3O2/c1-2-19-17(21-13-18(22)9-5-6-10-18)20-12-15-11-14-7-3-4-8-16(14)23-15/h3-4,7-8,15,22H,2,5-6,9-13H2,1H3,(H2,19,20,21). The molecule has 0 saturated heterocycles. The van der Waals surface area contributed by atoms with Crippen molar-refractivity contribution in [3.05, 3.63) is 29.8 Å². The van der Waals surface area contributed by atoms with Gasteiger partial charge in [0.1, 0.15) is 11.9 Å². The van der Waals surface area contributed by atoms with Crippen LogP contribution >= 0.6 is 0 Å². The van der Waals surface area contributed by atoms with E-state index in [2.05, 4.69) is 21.7 Å². The monoisotopic (exact) mass is 317 g/mol. The second-order valence-electron chi connectivity index (χ2n) is 6.56. The summed E-state index contributed by atoms with van der Waals surface area (Å²) in [5.74, 6) is 1.74. The lowest BCUT2D eigenvalue weighted by Gasteiger charge is -2.21. The van der Waals surface area contributed by atoms with E-state index < -0.39 is 5.60 Å². The Morgan fingerprint density at radius 3 is 2.83 bits per heavy atom. The van der Waals surface area contributed by atoms with E-state index in [0.29, 0.717) is 13.1 Å². The lowest BCUT2D eigenvalue weighted by molar-refractivity contribution is 0.0574. The number of nitrogens with zero attached hydrogens (tertiary/aromatic N) is 1. The molecule has 2 aliphatic rings. The molecule has 1 fully saturated rings. The highest BCUT2D eigenvalue weighted by Gasteiger charge is 2.31. The van der Waals surface area contributed by atoms with Crippen molar-refractivity contribution >= 4 is 5.96 Å². The average molecular weight is 317 g/mol. The Kier molecular flexibility index (Phi) is 5.06. The van der Waals surface area contributed by atoms with Gasteiger partial charge < -0.3 is 20.5 Å². The summed E-state index contributed by atoms with van der Waals surface area (Å²) in [6.07, 6.45) is 4.97. The van der Waals surface area contributed by atoms with Gasteiger partial charge in [0.15, 0.2) is 5.96 Å². The van der Waals surface area contributed by atoms with Crippen LogP contribution in [0.2, 0.25) is 0 Å². The predicted octanol–water partition coefficient (Wildman–Crippen LogP) is 1.85. The molecule has 5 nitrogen and oxygen atoms in total. The molecule has 1 heterocycles. The van der Waals surface area contributed by atoms with Crippen molar-refractivity contribution in [2.45, 2.75) is 50.7 Å². The Morgan fingerprint density at radius 1 is 1.30 bits per heavy atom. The molecule has 0 amide bonds. The van der Waals surface area contributed by atoms with E-state index in [1.807, 2.05) is 25.1 Å². The summed E-state index contributed by atoms with van der Waals surface area (Å²) < 4.78 is 5.94. The lowest BCUT2D eigenvalue weighted by atomic mass is 10.0. The van der Waals surface area contributed by atoms with E-state index in [1.54, 1.807) is 0 Å². The smallest absolute Gasteiger partial charge is 0.191 e. The number of guanidine groups is 1. The van der Waals surface area contributed by atoms with Gasteiger partial charge in [0.2, 0.25) is 0 Å². The van der Waals surface area contributed by atoms with Crippen molar-refractivity contribution in [2.75, 3.05) is 19.6 Å². The summed E-state index contributed by atoms with van der Waals surface area (Å²) in [4.78, 5) is 4.57. The molecule has 126 valence electrons. The molecular weight excluding hydrogens is 290 g/mol. The van der Waals surface area contributed by atoms with E-state index in [4.69, 9.17) is 4.74 Å². The molecule has 3 N–H and O–H groups in total. The minimum absolute atomic E-state index is 0.130. The zero-order valence-corrected chi connectivity index (χ0v) is 13.8. The van der Waals surface area contributed by atoms with Gasteiger partial charge in [0, 0.05) is 13.0 Å². The molecule has 1 saturated carbocycles. The Bertz CT molecular complexity index is 528. The summed E-state index contributed by atoms with van der Waals surface area (Å²) in [7, 11) is 0. The molecule has 1 aromatic rings. The number of rotatable bonds is 5. The molecule has 1 aromatic carbocycles. The predicted molar refractivity (Wildman–Crippen MR) is 92.0 cm³/mol. The molecule has 1 aliphatic heterocycles. The first-order valence-electron chi connectivity index (χ1n) is 8.68. The van der Waals surface area contributed by atoms with Crippen LogP contribution in [-0.4, -0.2) is 42.4 Å². The molecular formula is C18H27N3O2. The number of hydrogen-bond donors (Lipinski definition) is 3. The SMILES string of the molecule is CCNC(=NCC1(O)CCCC1)NCC1Cc2ccccc2O1. The second-order valence-corrected chi connectivity index (χ2v) is 6.56. The van der Waals surface area contributed by atoms with Gasteiger partial charge >= 0.3 is 0 Å². The van der Waals surface area contributed by atoms with Gasteiger partial charge in [0.05, 0.1) is 18.7 Å². The maximum Gasteiger partial charge on any atom is 0.191 e. The van der Waals surface area contributed by atoms with E-state index >= 15 is 0 Å². The fourth-order valence-electron chi connectivity index (χ4n) is 3.34. The number of benzene rings is 1. The van der Waals surface area contributed by atoms with Crippen molar-refractivity contribution in [3.63, 3.8) is 0 Å². The third-order valence-corrected chi connectivity index (χ3v) is 4.62. The molecule has 3 rings (SSSR count). The number of aliphatic hydroxyl groups is 1. The molecule has 0 spiro atoms. The molecule has 5 heteroatoms. The Hall–Kier alpha value is -1.75. The van der Waals surface area contributed by atoms with E-state index in [1.165, 1.54) is 5.56 Å². The normalized spacial score (nSPS) is 22.5. The van der Waals surface area contributed by atoms with Crippen LogP contribution in [0.5, 0.6) is 5.75 Å². The Balaban J connectivity index is 1.52. The topological polar surface area (TPSA) is 65.9 Å². The minimum Gasteiger partial charge on any atom is -0.488 e. The van der Waals surface area contributed by atoms with E-state index in [9.17, 15) is 5.11 Å². The molecule has 23 heavy (non-hydrogen) atoms. The van der Waals surface area contributed by atoms with Crippen molar-refractivity contribution in [1.29, 1.82) is 0 Å². The van der Waals surface area contributed by atoms with Crippen molar-refractivity contribution in [1.82, 2.24) is 10.6 Å². The molecule has 1 atom stereocenters. The summed E-state index contributed by atoms with van der Waals surface area (Å²) >= 11 is 0. The minimum atomic E-state index is -0.609. The largest absolute Gasteiger partial charge is 0.488 e. The van der Waals surface area contributed by atoms with Gasteiger partial charge in [-0.25, -0.2) is 0 Å². The summed E-state index contributed by atoms with van der Waals surface area (Å²) in [6, 6.07) is 8.18. The number of nitrogens with one attached hydrogen (secondary N) is 2. The van der Waals surface area contributed by atoms with Crippen molar-refractivity contribution < 1.29 is 9.84 Å². The molecule has 0 radical (unpaired) electrons. The van der Waals surface area contributed by atoms with Crippen molar-refractivity contribution in [2.24, 2.45) is 4.99 Å². The number of ether oxygens (including phenoxy) is 1. The van der Waals surface area contributed by atoms with Gasteiger partial charge in [-0.05, 0) is 31.4 Å². The molecule has 1 unspecified atom stereocenters. The van der Waals surface area contributed by atoms with Crippen molar-refractivity contribution in [3.8, 4) is 5.75 Å².